The molecule has 0 heterocycles. The molecule has 0 amide bonds. The first-order valence-corrected chi connectivity index (χ1v) is 12.0. The molecule has 0 saturated heterocycles. The van der Waals surface area contributed by atoms with Crippen molar-refractivity contribution in [2.45, 2.75) is 71.1 Å². The normalized spacial score (nSPS) is 17.6. The first-order valence-electron chi connectivity index (χ1n) is 12.0. The van der Waals surface area contributed by atoms with E-state index < -0.39 is 5.97 Å². The van der Waals surface area contributed by atoms with Crippen LogP contribution in [0.4, 0.5) is 0 Å². The Bertz CT molecular complexity index is 1020. The number of carbonyl (C=O) groups excluding carboxylic acids is 1. The molecule has 5 heteroatoms. The summed E-state index contributed by atoms with van der Waals surface area (Å²) in [6.07, 6.45) is 10.3. The van der Waals surface area contributed by atoms with E-state index in [0.29, 0.717) is 23.8 Å². The van der Waals surface area contributed by atoms with Crippen LogP contribution in [0.15, 0.2) is 36.4 Å². The molecule has 0 N–H and O–H groups in total. The minimum atomic E-state index is -0.550. The molecule has 0 radical (unpaired) electrons. The van der Waals surface area contributed by atoms with Crippen molar-refractivity contribution >= 4 is 5.97 Å². The van der Waals surface area contributed by atoms with Crippen molar-refractivity contribution in [1.82, 2.24) is 0 Å². The van der Waals surface area contributed by atoms with Crippen LogP contribution >= 0.6 is 0 Å². The highest BCUT2D eigenvalue weighted by atomic mass is 16.5. The molecule has 5 nitrogen and oxygen atoms in total. The third-order valence-corrected chi connectivity index (χ3v) is 6.54. The Morgan fingerprint density at radius 3 is 2.15 bits per heavy atom. The number of nitriles is 2. The predicted octanol–water partition coefficient (Wildman–Crippen LogP) is 6.90. The van der Waals surface area contributed by atoms with Gasteiger partial charge in [-0.1, -0.05) is 44.7 Å². The van der Waals surface area contributed by atoms with Crippen LogP contribution in [0.5, 0.6) is 11.5 Å². The van der Waals surface area contributed by atoms with Crippen LogP contribution in [0.1, 0.15) is 98.2 Å². The molecule has 1 saturated carbocycles. The van der Waals surface area contributed by atoms with Crippen molar-refractivity contribution in [3.05, 3.63) is 58.7 Å². The molecule has 0 spiro atoms. The lowest BCUT2D eigenvalue weighted by Crippen LogP contribution is -2.14. The summed E-state index contributed by atoms with van der Waals surface area (Å²) in [5.41, 5.74) is 1.77. The molecule has 0 atom stereocenters. The molecule has 0 aromatic heterocycles. The topological polar surface area (TPSA) is 83.1 Å². The maximum Gasteiger partial charge on any atom is 0.343 e. The van der Waals surface area contributed by atoms with Crippen LogP contribution in [0.2, 0.25) is 0 Å². The van der Waals surface area contributed by atoms with E-state index in [9.17, 15) is 15.3 Å². The Kier molecular flexibility index (Phi) is 8.90. The van der Waals surface area contributed by atoms with Gasteiger partial charge in [-0.05, 0) is 74.3 Å². The molecular formula is C28H32N2O3. The fourth-order valence-corrected chi connectivity index (χ4v) is 4.66. The Balaban J connectivity index is 1.64. The van der Waals surface area contributed by atoms with Gasteiger partial charge in [-0.15, -0.1) is 0 Å². The van der Waals surface area contributed by atoms with Crippen molar-refractivity contribution in [3.63, 3.8) is 0 Å². The average molecular weight is 445 g/mol. The van der Waals surface area contributed by atoms with Gasteiger partial charge < -0.3 is 9.47 Å². The van der Waals surface area contributed by atoms with Gasteiger partial charge in [0.1, 0.15) is 29.0 Å². The van der Waals surface area contributed by atoms with E-state index in [2.05, 4.69) is 6.92 Å². The van der Waals surface area contributed by atoms with E-state index in [1.54, 1.807) is 25.1 Å². The first kappa shape index (κ1) is 24.3. The third-order valence-electron chi connectivity index (χ3n) is 6.54. The van der Waals surface area contributed by atoms with Crippen molar-refractivity contribution in [3.8, 4) is 23.6 Å². The molecule has 33 heavy (non-hydrogen) atoms. The van der Waals surface area contributed by atoms with Gasteiger partial charge in [0.25, 0.3) is 0 Å². The monoisotopic (exact) mass is 444 g/mol. The molecule has 3 rings (SSSR count). The van der Waals surface area contributed by atoms with E-state index in [-0.39, 0.29) is 16.9 Å². The smallest absolute Gasteiger partial charge is 0.343 e. The van der Waals surface area contributed by atoms with Crippen LogP contribution in [-0.4, -0.2) is 12.6 Å². The highest BCUT2D eigenvalue weighted by molar-refractivity contribution is 5.91. The average Bonchev–Trinajstić information content (AvgIpc) is 2.85. The molecule has 172 valence electrons. The Labute approximate surface area is 196 Å². The highest BCUT2D eigenvalue weighted by Gasteiger charge is 2.23. The van der Waals surface area contributed by atoms with Gasteiger partial charge in [0, 0.05) is 0 Å². The fourth-order valence-electron chi connectivity index (χ4n) is 4.66. The number of nitrogens with zero attached hydrogens (tertiary/aromatic N) is 2. The minimum Gasteiger partial charge on any atom is -0.492 e. The summed E-state index contributed by atoms with van der Waals surface area (Å²) in [5.74, 6) is 1.23. The van der Waals surface area contributed by atoms with Gasteiger partial charge in [-0.3, -0.25) is 0 Å². The van der Waals surface area contributed by atoms with Crippen molar-refractivity contribution in [2.75, 3.05) is 6.61 Å². The van der Waals surface area contributed by atoms with Gasteiger partial charge in [0.15, 0.2) is 5.75 Å². The summed E-state index contributed by atoms with van der Waals surface area (Å²) in [6.45, 7) is 4.41. The van der Waals surface area contributed by atoms with Crippen LogP contribution in [0, 0.1) is 28.6 Å². The van der Waals surface area contributed by atoms with Crippen molar-refractivity contribution < 1.29 is 14.3 Å². The molecule has 1 fully saturated rings. The van der Waals surface area contributed by atoms with Gasteiger partial charge >= 0.3 is 5.97 Å². The second-order valence-corrected chi connectivity index (χ2v) is 8.69. The van der Waals surface area contributed by atoms with E-state index >= 15 is 0 Å². The van der Waals surface area contributed by atoms with Gasteiger partial charge in [0.2, 0.25) is 0 Å². The zero-order valence-corrected chi connectivity index (χ0v) is 19.6. The predicted molar refractivity (Wildman–Crippen MR) is 127 cm³/mol. The summed E-state index contributed by atoms with van der Waals surface area (Å²) in [5, 5.41) is 19.0. The summed E-state index contributed by atoms with van der Waals surface area (Å²) in [6, 6.07) is 14.6. The third kappa shape index (κ3) is 6.14. The molecule has 2 aromatic carbocycles. The summed E-state index contributed by atoms with van der Waals surface area (Å²) >= 11 is 0. The molecule has 1 aliphatic rings. The van der Waals surface area contributed by atoms with Crippen LogP contribution in [0.25, 0.3) is 0 Å². The summed E-state index contributed by atoms with van der Waals surface area (Å²) < 4.78 is 10.9. The first-order chi connectivity index (χ1) is 16.1. The Hall–Kier alpha value is -3.31. The minimum absolute atomic E-state index is 0.00381. The molecule has 0 unspecified atom stereocenters. The number of carbonyl (C=O) groups is 1. The van der Waals surface area contributed by atoms with Crippen LogP contribution in [-0.2, 0) is 0 Å². The second kappa shape index (κ2) is 12.1. The number of unbranched alkanes of at least 4 members (excludes halogenated alkanes) is 2. The van der Waals surface area contributed by atoms with E-state index in [1.807, 2.05) is 24.3 Å². The summed E-state index contributed by atoms with van der Waals surface area (Å²) in [7, 11) is 0. The highest BCUT2D eigenvalue weighted by Crippen LogP contribution is 2.38. The van der Waals surface area contributed by atoms with Crippen molar-refractivity contribution in [1.29, 1.82) is 10.5 Å². The standard InChI is InChI=1S/C28H32N2O3/c1-3-5-6-7-20-8-10-21(11-9-20)22-12-14-23(15-13-22)28(31)33-27-17-16-26(32-4-2)24(18-29)25(27)19-30/h12-17,20-21H,3-11H2,1-2H3. The number of esters is 1. The lowest BCUT2D eigenvalue weighted by atomic mass is 9.77. The molecule has 1 aliphatic carbocycles. The van der Waals surface area contributed by atoms with Gasteiger partial charge in [0.05, 0.1) is 12.2 Å². The zero-order chi connectivity index (χ0) is 23.6. The second-order valence-electron chi connectivity index (χ2n) is 8.69. The SMILES string of the molecule is CCCCCC1CCC(c2ccc(C(=O)Oc3ccc(OCC)c(C#N)c3C#N)cc2)CC1. The maximum absolute atomic E-state index is 12.7. The fraction of sp³-hybridized carbons (Fsp3) is 0.464. The largest absolute Gasteiger partial charge is 0.492 e. The molecule has 0 bridgehead atoms. The number of rotatable bonds is 9. The lowest BCUT2D eigenvalue weighted by molar-refractivity contribution is 0.0734. The van der Waals surface area contributed by atoms with Crippen LogP contribution < -0.4 is 9.47 Å². The Morgan fingerprint density at radius 1 is 0.909 bits per heavy atom. The quantitative estimate of drug-likeness (QED) is 0.238. The number of benzene rings is 2. The lowest BCUT2D eigenvalue weighted by Gasteiger charge is -2.29. The van der Waals surface area contributed by atoms with Gasteiger partial charge in [-0.25, -0.2) is 4.79 Å². The number of hydrogen-bond acceptors (Lipinski definition) is 5. The number of ether oxygens (including phenoxy) is 2. The maximum atomic E-state index is 12.7. The van der Waals surface area contributed by atoms with E-state index in [4.69, 9.17) is 9.47 Å². The molecule has 0 aliphatic heterocycles. The van der Waals surface area contributed by atoms with Crippen LogP contribution in [0.3, 0.4) is 0 Å². The summed E-state index contributed by atoms with van der Waals surface area (Å²) in [4.78, 5) is 12.7. The van der Waals surface area contributed by atoms with E-state index in [0.717, 1.165) is 5.92 Å². The zero-order valence-electron chi connectivity index (χ0n) is 19.6. The van der Waals surface area contributed by atoms with E-state index in [1.165, 1.54) is 63.0 Å². The van der Waals surface area contributed by atoms with Gasteiger partial charge in [-0.2, -0.15) is 10.5 Å². The molecule has 2 aromatic rings. The Morgan fingerprint density at radius 2 is 1.55 bits per heavy atom. The van der Waals surface area contributed by atoms with Crippen molar-refractivity contribution in [2.24, 2.45) is 5.92 Å². The molecular weight excluding hydrogens is 412 g/mol. The number of hydrogen-bond donors (Lipinski definition) is 0.